The number of rotatable bonds is 3. The summed E-state index contributed by atoms with van der Waals surface area (Å²) >= 11 is 0. The van der Waals surface area contributed by atoms with Gasteiger partial charge in [-0.25, -0.2) is 4.79 Å². The molecule has 0 aromatic heterocycles. The number of benzene rings is 1. The van der Waals surface area contributed by atoms with Gasteiger partial charge in [-0.3, -0.25) is 14.9 Å². The predicted octanol–water partition coefficient (Wildman–Crippen LogP) is 3.80. The summed E-state index contributed by atoms with van der Waals surface area (Å²) in [6, 6.07) is 8.24. The average molecular weight is 428 g/mol. The lowest BCUT2D eigenvalue weighted by molar-refractivity contribution is -0.132. The highest BCUT2D eigenvalue weighted by molar-refractivity contribution is 6.04. The predicted molar refractivity (Wildman–Crippen MR) is 118 cm³/mol. The second-order valence-corrected chi connectivity index (χ2v) is 10.2. The molecule has 0 unspecified atom stereocenters. The molecule has 5 rings (SSSR count). The van der Waals surface area contributed by atoms with Gasteiger partial charge in [-0.2, -0.15) is 0 Å². The third-order valence-corrected chi connectivity index (χ3v) is 6.77. The van der Waals surface area contributed by atoms with Crippen molar-refractivity contribution < 1.29 is 19.1 Å². The Kier molecular flexibility index (Phi) is 5.71. The van der Waals surface area contributed by atoms with Crippen molar-refractivity contribution in [1.29, 1.82) is 0 Å². The highest BCUT2D eigenvalue weighted by Gasteiger charge is 2.47. The van der Waals surface area contributed by atoms with Crippen LogP contribution < -0.4 is 10.6 Å². The van der Waals surface area contributed by atoms with Crippen molar-refractivity contribution in [3.05, 3.63) is 29.8 Å². The van der Waals surface area contributed by atoms with Gasteiger partial charge in [0.05, 0.1) is 0 Å². The Balaban J connectivity index is 1.41. The molecule has 4 fully saturated rings. The van der Waals surface area contributed by atoms with Crippen molar-refractivity contribution in [3.8, 4) is 0 Å². The molecule has 1 saturated carbocycles. The Hall–Kier alpha value is -2.57. The van der Waals surface area contributed by atoms with Gasteiger partial charge in [-0.1, -0.05) is 12.1 Å². The van der Waals surface area contributed by atoms with Crippen LogP contribution >= 0.6 is 0 Å². The van der Waals surface area contributed by atoms with Crippen LogP contribution in [0.1, 0.15) is 70.8 Å². The third kappa shape index (κ3) is 4.70. The van der Waals surface area contributed by atoms with Crippen LogP contribution in [0.25, 0.3) is 0 Å². The second-order valence-electron chi connectivity index (χ2n) is 10.2. The van der Waals surface area contributed by atoms with Crippen LogP contribution in [0.5, 0.6) is 0 Å². The van der Waals surface area contributed by atoms with Crippen LogP contribution in [-0.2, 0) is 14.3 Å². The molecule has 31 heavy (non-hydrogen) atoms. The first-order chi connectivity index (χ1) is 14.7. The fraction of sp³-hybridized carbons (Fsp3) is 0.625. The first kappa shape index (κ1) is 21.7. The second kappa shape index (κ2) is 8.17. The van der Waals surface area contributed by atoms with Crippen molar-refractivity contribution in [2.24, 2.45) is 5.92 Å². The standard InChI is InChI=1S/C24H33N3O4/c1-23(2,3)31-22(30)27-13-9-16(10-14-27)18-5-4-6-19(15-18)26-24-11-7-17(8-12-24)20(28)25-21(24)29/h4-6,15-17,26H,7-14H2,1-3H3,(H,25,28,29). The maximum atomic E-state index is 12.8. The molecule has 1 aromatic rings. The quantitative estimate of drug-likeness (QED) is 0.717. The van der Waals surface area contributed by atoms with E-state index in [4.69, 9.17) is 4.74 Å². The maximum absolute atomic E-state index is 12.8. The lowest BCUT2D eigenvalue weighted by Crippen LogP contribution is -2.51. The van der Waals surface area contributed by atoms with Crippen molar-refractivity contribution >= 4 is 23.6 Å². The van der Waals surface area contributed by atoms with E-state index in [9.17, 15) is 14.4 Å². The molecular weight excluding hydrogens is 394 g/mol. The van der Waals surface area contributed by atoms with Gasteiger partial charge in [0, 0.05) is 24.7 Å². The van der Waals surface area contributed by atoms with Gasteiger partial charge in [0.15, 0.2) is 0 Å². The van der Waals surface area contributed by atoms with E-state index >= 15 is 0 Å². The molecule has 0 spiro atoms. The van der Waals surface area contributed by atoms with E-state index in [0.717, 1.165) is 31.4 Å². The van der Waals surface area contributed by atoms with E-state index in [0.29, 0.717) is 31.8 Å². The number of carbonyl (C=O) groups is 3. The molecule has 3 saturated heterocycles. The van der Waals surface area contributed by atoms with Crippen LogP contribution in [0.2, 0.25) is 0 Å². The average Bonchev–Trinajstić information content (AvgIpc) is 2.91. The number of piperidine rings is 1. The number of hydrogen-bond acceptors (Lipinski definition) is 5. The summed E-state index contributed by atoms with van der Waals surface area (Å²) in [5.41, 5.74) is 0.932. The van der Waals surface area contributed by atoms with E-state index in [1.54, 1.807) is 4.90 Å². The maximum Gasteiger partial charge on any atom is 0.410 e. The zero-order chi connectivity index (χ0) is 22.2. The minimum atomic E-state index is -0.707. The molecule has 7 nitrogen and oxygen atoms in total. The number of carbonyl (C=O) groups excluding carboxylic acids is 3. The lowest BCUT2D eigenvalue weighted by atomic mass is 9.77. The molecule has 0 radical (unpaired) electrons. The van der Waals surface area contributed by atoms with Crippen molar-refractivity contribution in [3.63, 3.8) is 0 Å². The molecular formula is C24H33N3O4. The van der Waals surface area contributed by atoms with E-state index < -0.39 is 11.1 Å². The molecule has 7 heteroatoms. The zero-order valence-corrected chi connectivity index (χ0v) is 18.7. The molecule has 3 heterocycles. The Morgan fingerprint density at radius 1 is 1.10 bits per heavy atom. The van der Waals surface area contributed by atoms with Gasteiger partial charge in [-0.05, 0) is 82.9 Å². The van der Waals surface area contributed by atoms with Gasteiger partial charge in [0.2, 0.25) is 5.91 Å². The first-order valence-corrected chi connectivity index (χ1v) is 11.4. The number of ether oxygens (including phenoxy) is 1. The Morgan fingerprint density at radius 3 is 2.42 bits per heavy atom. The highest BCUT2D eigenvalue weighted by atomic mass is 16.6. The largest absolute Gasteiger partial charge is 0.444 e. The summed E-state index contributed by atoms with van der Waals surface area (Å²) < 4.78 is 5.49. The normalized spacial score (nSPS) is 26.9. The number of anilines is 1. The molecule has 3 amide bonds. The van der Waals surface area contributed by atoms with Crippen molar-refractivity contribution in [2.75, 3.05) is 18.4 Å². The van der Waals surface area contributed by atoms with Gasteiger partial charge >= 0.3 is 6.09 Å². The number of imide groups is 1. The molecule has 0 atom stereocenters. The zero-order valence-electron chi connectivity index (χ0n) is 18.7. The van der Waals surface area contributed by atoms with Crippen molar-refractivity contribution in [2.45, 2.75) is 76.4 Å². The van der Waals surface area contributed by atoms with E-state index in [1.807, 2.05) is 32.9 Å². The monoisotopic (exact) mass is 427 g/mol. The fourth-order valence-electron chi connectivity index (χ4n) is 4.98. The lowest BCUT2D eigenvalue weighted by Gasteiger charge is -2.36. The van der Waals surface area contributed by atoms with Crippen LogP contribution in [-0.4, -0.2) is 47.0 Å². The third-order valence-electron chi connectivity index (χ3n) is 6.77. The van der Waals surface area contributed by atoms with Crippen LogP contribution in [0, 0.1) is 5.92 Å². The molecule has 3 aliphatic heterocycles. The Morgan fingerprint density at radius 2 is 1.77 bits per heavy atom. The molecule has 1 aromatic carbocycles. The number of nitrogens with one attached hydrogen (secondary N) is 2. The van der Waals surface area contributed by atoms with Gasteiger partial charge < -0.3 is 15.0 Å². The first-order valence-electron chi connectivity index (χ1n) is 11.4. The number of hydrogen-bond donors (Lipinski definition) is 2. The minimum absolute atomic E-state index is 0.0390. The molecule has 168 valence electrons. The number of likely N-dealkylation sites (tertiary alicyclic amines) is 1. The Bertz CT molecular complexity index is 860. The fourth-order valence-corrected chi connectivity index (χ4v) is 4.98. The van der Waals surface area contributed by atoms with Crippen LogP contribution in [0.15, 0.2) is 24.3 Å². The Labute approximate surface area is 183 Å². The van der Waals surface area contributed by atoms with Crippen molar-refractivity contribution in [1.82, 2.24) is 10.2 Å². The van der Waals surface area contributed by atoms with Gasteiger partial charge in [0.1, 0.15) is 11.1 Å². The van der Waals surface area contributed by atoms with E-state index in [1.165, 1.54) is 5.56 Å². The minimum Gasteiger partial charge on any atom is -0.444 e. The van der Waals surface area contributed by atoms with E-state index in [-0.39, 0.29) is 23.8 Å². The van der Waals surface area contributed by atoms with Crippen LogP contribution in [0.3, 0.4) is 0 Å². The molecule has 2 N–H and O–H groups in total. The summed E-state index contributed by atoms with van der Waals surface area (Å²) in [4.78, 5) is 38.9. The molecule has 1 aliphatic carbocycles. The van der Waals surface area contributed by atoms with Gasteiger partial charge in [0.25, 0.3) is 5.91 Å². The number of nitrogens with zero attached hydrogens (tertiary/aromatic N) is 1. The summed E-state index contributed by atoms with van der Waals surface area (Å²) in [5.74, 6) is -0.00803. The van der Waals surface area contributed by atoms with Gasteiger partial charge in [-0.15, -0.1) is 0 Å². The van der Waals surface area contributed by atoms with Crippen LogP contribution in [0.4, 0.5) is 10.5 Å². The molecule has 4 aliphatic rings. The summed E-state index contributed by atoms with van der Waals surface area (Å²) in [7, 11) is 0. The van der Waals surface area contributed by atoms with E-state index in [2.05, 4.69) is 22.8 Å². The number of amides is 3. The summed E-state index contributed by atoms with van der Waals surface area (Å²) in [6.45, 7) is 6.99. The summed E-state index contributed by atoms with van der Waals surface area (Å²) in [5, 5.41) is 6.06. The highest BCUT2D eigenvalue weighted by Crippen LogP contribution is 2.38. The topological polar surface area (TPSA) is 87.7 Å². The SMILES string of the molecule is CC(C)(C)OC(=O)N1CCC(c2cccc(NC34CCC(CC3)C(=O)NC4=O)c2)CC1. The number of fused-ring (bicyclic) bond motifs is 4. The smallest absolute Gasteiger partial charge is 0.410 e. The molecule has 2 bridgehead atoms. The summed E-state index contributed by atoms with van der Waals surface area (Å²) in [6.07, 6.45) is 4.35.